The Morgan fingerprint density at radius 2 is 1.96 bits per heavy atom. The average molecular weight is 440 g/mol. The molecule has 1 aromatic heterocycles. The van der Waals surface area contributed by atoms with Crippen LogP contribution in [0, 0.1) is 6.92 Å². The van der Waals surface area contributed by atoms with Crippen molar-refractivity contribution in [1.82, 2.24) is 15.6 Å². The number of pyridine rings is 1. The summed E-state index contributed by atoms with van der Waals surface area (Å²) in [5.41, 5.74) is 3.27. The Kier molecular flexibility index (Phi) is 6.65. The van der Waals surface area contributed by atoms with Crippen molar-refractivity contribution in [3.63, 3.8) is 0 Å². The van der Waals surface area contributed by atoms with Crippen LogP contribution < -0.4 is 20.1 Å². The molecule has 0 unspecified atom stereocenters. The van der Waals surface area contributed by atoms with E-state index in [0.29, 0.717) is 19.9 Å². The Labute approximate surface area is 158 Å². The zero-order chi connectivity index (χ0) is 16.1. The summed E-state index contributed by atoms with van der Waals surface area (Å²) in [5.74, 6) is 2.31. The summed E-state index contributed by atoms with van der Waals surface area (Å²) in [7, 11) is 1.75. The molecular formula is C17H21IN4O2. The van der Waals surface area contributed by atoms with Gasteiger partial charge in [0, 0.05) is 19.8 Å². The molecule has 3 rings (SSSR count). The molecule has 1 aromatic carbocycles. The lowest BCUT2D eigenvalue weighted by atomic mass is 10.2. The highest BCUT2D eigenvalue weighted by Crippen LogP contribution is 2.32. The molecule has 0 amide bonds. The predicted molar refractivity (Wildman–Crippen MR) is 104 cm³/mol. The van der Waals surface area contributed by atoms with Crippen LogP contribution in [0.4, 0.5) is 0 Å². The van der Waals surface area contributed by atoms with Crippen molar-refractivity contribution in [2.45, 2.75) is 20.0 Å². The van der Waals surface area contributed by atoms with Crippen LogP contribution in [0.5, 0.6) is 11.5 Å². The van der Waals surface area contributed by atoms with Crippen molar-refractivity contribution in [3.8, 4) is 11.5 Å². The van der Waals surface area contributed by atoms with Crippen LogP contribution in [0.25, 0.3) is 0 Å². The third-order valence-electron chi connectivity index (χ3n) is 3.66. The fourth-order valence-electron chi connectivity index (χ4n) is 2.33. The number of nitrogens with one attached hydrogen (secondary N) is 2. The summed E-state index contributed by atoms with van der Waals surface area (Å²) in [6, 6.07) is 9.90. The molecule has 0 aliphatic carbocycles. The van der Waals surface area contributed by atoms with E-state index in [1.54, 1.807) is 13.2 Å². The monoisotopic (exact) mass is 440 g/mol. The number of rotatable bonds is 4. The van der Waals surface area contributed by atoms with E-state index in [0.717, 1.165) is 34.3 Å². The van der Waals surface area contributed by atoms with E-state index in [1.165, 1.54) is 0 Å². The average Bonchev–Trinajstić information content (AvgIpc) is 3.04. The molecule has 7 heteroatoms. The minimum atomic E-state index is 0. The van der Waals surface area contributed by atoms with Crippen LogP contribution >= 0.6 is 24.0 Å². The fraction of sp³-hybridized carbons (Fsp3) is 0.294. The van der Waals surface area contributed by atoms with Crippen molar-refractivity contribution in [1.29, 1.82) is 0 Å². The molecule has 6 nitrogen and oxygen atoms in total. The summed E-state index contributed by atoms with van der Waals surface area (Å²) in [5, 5.41) is 6.55. The zero-order valence-electron chi connectivity index (χ0n) is 13.7. The van der Waals surface area contributed by atoms with Gasteiger partial charge in [-0.2, -0.15) is 0 Å². The number of fused-ring (bicyclic) bond motifs is 1. The summed E-state index contributed by atoms with van der Waals surface area (Å²) >= 11 is 0. The van der Waals surface area contributed by atoms with Gasteiger partial charge in [-0.15, -0.1) is 24.0 Å². The Balaban J connectivity index is 0.00000208. The van der Waals surface area contributed by atoms with Crippen molar-refractivity contribution < 1.29 is 9.47 Å². The second kappa shape index (κ2) is 8.72. The molecule has 0 saturated heterocycles. The number of hydrogen-bond acceptors (Lipinski definition) is 4. The van der Waals surface area contributed by atoms with Crippen molar-refractivity contribution in [2.24, 2.45) is 4.99 Å². The van der Waals surface area contributed by atoms with Gasteiger partial charge < -0.3 is 20.1 Å². The van der Waals surface area contributed by atoms with E-state index >= 15 is 0 Å². The van der Waals surface area contributed by atoms with Crippen LogP contribution in [0.15, 0.2) is 41.5 Å². The van der Waals surface area contributed by atoms with Gasteiger partial charge in [0.25, 0.3) is 0 Å². The number of nitrogens with zero attached hydrogens (tertiary/aromatic N) is 2. The number of aromatic nitrogens is 1. The van der Waals surface area contributed by atoms with Gasteiger partial charge in [-0.1, -0.05) is 12.1 Å². The quantitative estimate of drug-likeness (QED) is 0.435. The molecular weight excluding hydrogens is 419 g/mol. The Morgan fingerprint density at radius 1 is 1.17 bits per heavy atom. The number of hydrogen-bond donors (Lipinski definition) is 2. The first-order valence-electron chi connectivity index (χ1n) is 7.50. The Bertz CT molecular complexity index is 721. The van der Waals surface area contributed by atoms with E-state index in [2.05, 4.69) is 20.6 Å². The van der Waals surface area contributed by atoms with Crippen molar-refractivity contribution in [3.05, 3.63) is 53.3 Å². The van der Waals surface area contributed by atoms with Gasteiger partial charge in [-0.25, -0.2) is 0 Å². The third-order valence-corrected chi connectivity index (χ3v) is 3.66. The molecule has 0 fully saturated rings. The topological polar surface area (TPSA) is 67.8 Å². The molecule has 0 saturated carbocycles. The Morgan fingerprint density at radius 3 is 2.75 bits per heavy atom. The highest BCUT2D eigenvalue weighted by molar-refractivity contribution is 14.0. The van der Waals surface area contributed by atoms with E-state index in [9.17, 15) is 0 Å². The molecule has 0 atom stereocenters. The second-order valence-electron chi connectivity index (χ2n) is 5.23. The highest BCUT2D eigenvalue weighted by Gasteiger charge is 2.13. The number of aliphatic imine (C=N–C) groups is 1. The maximum absolute atomic E-state index is 5.39. The van der Waals surface area contributed by atoms with Gasteiger partial charge in [-0.05, 0) is 36.2 Å². The number of ether oxygens (including phenoxy) is 2. The lowest BCUT2D eigenvalue weighted by molar-refractivity contribution is 0.174. The van der Waals surface area contributed by atoms with Crippen LogP contribution in [-0.2, 0) is 13.1 Å². The van der Waals surface area contributed by atoms with E-state index in [4.69, 9.17) is 9.47 Å². The molecule has 128 valence electrons. The molecule has 24 heavy (non-hydrogen) atoms. The van der Waals surface area contributed by atoms with Crippen LogP contribution in [0.2, 0.25) is 0 Å². The normalized spacial score (nSPS) is 12.5. The van der Waals surface area contributed by atoms with E-state index in [-0.39, 0.29) is 24.0 Å². The second-order valence-corrected chi connectivity index (χ2v) is 5.23. The molecule has 0 spiro atoms. The number of aryl methyl sites for hydroxylation is 1. The van der Waals surface area contributed by atoms with Crippen LogP contribution in [0.3, 0.4) is 0 Å². The summed E-state index contributed by atoms with van der Waals surface area (Å²) in [6.45, 7) is 3.62. The number of halogens is 1. The number of guanidine groups is 1. The maximum atomic E-state index is 5.39. The summed E-state index contributed by atoms with van der Waals surface area (Å²) in [4.78, 5) is 8.60. The van der Waals surface area contributed by atoms with Gasteiger partial charge in [-0.3, -0.25) is 9.98 Å². The first-order valence-corrected chi connectivity index (χ1v) is 7.50. The molecule has 0 bridgehead atoms. The van der Waals surface area contributed by atoms with Crippen molar-refractivity contribution in [2.75, 3.05) is 13.8 Å². The minimum absolute atomic E-state index is 0. The Hall–Kier alpha value is -2.03. The molecule has 2 N–H and O–H groups in total. The van der Waals surface area contributed by atoms with Gasteiger partial charge in [0.1, 0.15) is 0 Å². The first kappa shape index (κ1) is 18.3. The lowest BCUT2D eigenvalue weighted by Crippen LogP contribution is -2.36. The van der Waals surface area contributed by atoms with E-state index in [1.807, 2.05) is 37.3 Å². The van der Waals surface area contributed by atoms with Crippen LogP contribution in [0.1, 0.15) is 16.8 Å². The van der Waals surface area contributed by atoms with E-state index < -0.39 is 0 Å². The van der Waals surface area contributed by atoms with Crippen LogP contribution in [-0.4, -0.2) is 24.8 Å². The van der Waals surface area contributed by atoms with Crippen molar-refractivity contribution >= 4 is 29.9 Å². The standard InChI is InChI=1S/C17H20N4O2.HI/c1-12-4-3-7-19-14(12)10-21-17(18-2)20-9-13-5-6-15-16(8-13)23-11-22-15;/h3-8H,9-11H2,1-2H3,(H2,18,20,21);1H. The lowest BCUT2D eigenvalue weighted by Gasteiger charge is -2.12. The van der Waals surface area contributed by atoms with Gasteiger partial charge >= 0.3 is 0 Å². The SMILES string of the molecule is CN=C(NCc1ccc2c(c1)OCO2)NCc1ncccc1C.I. The molecule has 1 aliphatic heterocycles. The fourth-order valence-corrected chi connectivity index (χ4v) is 2.33. The molecule has 1 aliphatic rings. The zero-order valence-corrected chi connectivity index (χ0v) is 16.0. The van der Waals surface area contributed by atoms with Gasteiger partial charge in [0.15, 0.2) is 17.5 Å². The third kappa shape index (κ3) is 4.50. The minimum Gasteiger partial charge on any atom is -0.454 e. The maximum Gasteiger partial charge on any atom is 0.231 e. The highest BCUT2D eigenvalue weighted by atomic mass is 127. The predicted octanol–water partition coefficient (Wildman–Crippen LogP) is 2.60. The molecule has 0 radical (unpaired) electrons. The summed E-state index contributed by atoms with van der Waals surface area (Å²) in [6.07, 6.45) is 1.80. The van der Waals surface area contributed by atoms with Gasteiger partial charge in [0.05, 0.1) is 12.2 Å². The number of benzene rings is 1. The molecule has 2 aromatic rings. The van der Waals surface area contributed by atoms with Gasteiger partial charge in [0.2, 0.25) is 6.79 Å². The summed E-state index contributed by atoms with van der Waals surface area (Å²) < 4.78 is 10.7. The smallest absolute Gasteiger partial charge is 0.231 e. The molecule has 2 heterocycles. The first-order chi connectivity index (χ1) is 11.3. The largest absolute Gasteiger partial charge is 0.454 e.